The fourth-order valence-electron chi connectivity index (χ4n) is 3.62. The van der Waals surface area contributed by atoms with Gasteiger partial charge in [0.15, 0.2) is 5.76 Å². The molecule has 0 aliphatic heterocycles. The molecule has 2 aromatic heterocycles. The van der Waals surface area contributed by atoms with Gasteiger partial charge in [-0.05, 0) is 37.6 Å². The van der Waals surface area contributed by atoms with Crippen molar-refractivity contribution in [2.24, 2.45) is 0 Å². The van der Waals surface area contributed by atoms with Crippen LogP contribution in [0.4, 0.5) is 16.2 Å². The Hall–Kier alpha value is -4.17. The molecule has 0 saturated heterocycles. The quantitative estimate of drug-likeness (QED) is 0.324. The Kier molecular flexibility index (Phi) is 7.12. The Balaban J connectivity index is 1.71. The number of halogens is 1. The number of benzene rings is 2. The topological polar surface area (TPSA) is 106 Å². The monoisotopic (exact) mass is 491 g/mol. The predicted molar refractivity (Wildman–Crippen MR) is 132 cm³/mol. The lowest BCUT2D eigenvalue weighted by Crippen LogP contribution is -2.27. The van der Waals surface area contributed by atoms with E-state index in [1.807, 2.05) is 24.3 Å². The van der Waals surface area contributed by atoms with Crippen molar-refractivity contribution < 1.29 is 24.0 Å². The maximum Gasteiger partial charge on any atom is 0.419 e. The summed E-state index contributed by atoms with van der Waals surface area (Å²) >= 11 is 6.42. The van der Waals surface area contributed by atoms with Crippen LogP contribution in [0.25, 0.3) is 22.5 Å². The molecule has 0 spiro atoms. The van der Waals surface area contributed by atoms with E-state index in [9.17, 15) is 9.59 Å². The van der Waals surface area contributed by atoms with E-state index >= 15 is 0 Å². The van der Waals surface area contributed by atoms with Crippen LogP contribution in [0.2, 0.25) is 5.02 Å². The van der Waals surface area contributed by atoms with E-state index in [0.29, 0.717) is 44.7 Å². The molecular formula is C26H22ClN3O5. The number of pyridine rings is 1. The molecule has 9 heteroatoms. The lowest BCUT2D eigenvalue weighted by atomic mass is 10.0. The minimum atomic E-state index is -0.906. The zero-order valence-corrected chi connectivity index (χ0v) is 19.8. The summed E-state index contributed by atoms with van der Waals surface area (Å²) in [7, 11) is 0. The number of hydrogen-bond donors (Lipinski definition) is 1. The number of carbonyl (C=O) groups excluding carboxylic acids is 1. The van der Waals surface area contributed by atoms with Crippen molar-refractivity contribution in [1.29, 1.82) is 0 Å². The van der Waals surface area contributed by atoms with Gasteiger partial charge < -0.3 is 14.4 Å². The van der Waals surface area contributed by atoms with Crippen molar-refractivity contribution >= 4 is 35.0 Å². The highest BCUT2D eigenvalue weighted by Gasteiger charge is 2.29. The minimum Gasteiger partial charge on any atom is -0.481 e. The number of aliphatic carboxylic acids is 1. The number of carbonyl (C=O) groups is 2. The molecule has 2 aromatic carbocycles. The summed E-state index contributed by atoms with van der Waals surface area (Å²) in [5.74, 6) is -0.482. The Morgan fingerprint density at radius 1 is 1.06 bits per heavy atom. The predicted octanol–water partition coefficient (Wildman–Crippen LogP) is 6.29. The number of anilines is 2. The number of carboxylic acids is 1. The van der Waals surface area contributed by atoms with E-state index < -0.39 is 12.1 Å². The number of aryl methyl sites for hydroxylation is 1. The largest absolute Gasteiger partial charge is 0.481 e. The summed E-state index contributed by atoms with van der Waals surface area (Å²) in [4.78, 5) is 29.6. The van der Waals surface area contributed by atoms with E-state index in [-0.39, 0.29) is 13.0 Å². The number of aromatic nitrogens is 2. The first kappa shape index (κ1) is 24.0. The van der Waals surface area contributed by atoms with Gasteiger partial charge in [0.25, 0.3) is 0 Å². The smallest absolute Gasteiger partial charge is 0.419 e. The number of ether oxygens (including phenoxy) is 1. The Morgan fingerprint density at radius 2 is 1.77 bits per heavy atom. The summed E-state index contributed by atoms with van der Waals surface area (Å²) in [6.07, 6.45) is 0.871. The van der Waals surface area contributed by atoms with Gasteiger partial charge in [-0.2, -0.15) is 0 Å². The lowest BCUT2D eigenvalue weighted by molar-refractivity contribution is -0.136. The molecular weight excluding hydrogens is 470 g/mol. The van der Waals surface area contributed by atoms with Crippen LogP contribution in [0.15, 0.2) is 71.4 Å². The van der Waals surface area contributed by atoms with E-state index in [1.165, 1.54) is 4.90 Å². The van der Waals surface area contributed by atoms with Crippen LogP contribution in [0.3, 0.4) is 0 Å². The van der Waals surface area contributed by atoms with Gasteiger partial charge in [-0.25, -0.2) is 9.69 Å². The second-order valence-electron chi connectivity index (χ2n) is 7.62. The lowest BCUT2D eigenvalue weighted by Gasteiger charge is -2.23. The number of amides is 1. The third-order valence-electron chi connectivity index (χ3n) is 5.23. The Morgan fingerprint density at radius 3 is 2.40 bits per heavy atom. The van der Waals surface area contributed by atoms with Crippen LogP contribution in [-0.2, 0) is 16.0 Å². The number of nitrogens with zero attached hydrogens (tertiary/aromatic N) is 3. The van der Waals surface area contributed by atoms with Gasteiger partial charge in [0.1, 0.15) is 11.4 Å². The zero-order valence-electron chi connectivity index (χ0n) is 19.1. The second kappa shape index (κ2) is 10.4. The normalized spacial score (nSPS) is 10.7. The molecule has 0 bridgehead atoms. The van der Waals surface area contributed by atoms with Crippen LogP contribution in [0.1, 0.15) is 18.2 Å². The van der Waals surface area contributed by atoms with Crippen LogP contribution >= 0.6 is 11.6 Å². The van der Waals surface area contributed by atoms with Crippen molar-refractivity contribution in [2.75, 3.05) is 11.5 Å². The fourth-order valence-corrected chi connectivity index (χ4v) is 3.84. The van der Waals surface area contributed by atoms with Crippen molar-refractivity contribution in [3.05, 3.63) is 83.2 Å². The molecule has 0 aliphatic rings. The molecule has 0 atom stereocenters. The van der Waals surface area contributed by atoms with E-state index in [4.69, 9.17) is 26.0 Å². The van der Waals surface area contributed by atoms with Crippen molar-refractivity contribution in [3.63, 3.8) is 0 Å². The van der Waals surface area contributed by atoms with Gasteiger partial charge in [0.2, 0.25) is 0 Å². The molecule has 1 N–H and O–H groups in total. The van der Waals surface area contributed by atoms with E-state index in [0.717, 1.165) is 5.56 Å². The third kappa shape index (κ3) is 5.17. The van der Waals surface area contributed by atoms with Crippen LogP contribution in [-0.4, -0.2) is 33.9 Å². The number of rotatable bonds is 7. The first-order valence-electron chi connectivity index (χ1n) is 10.8. The van der Waals surface area contributed by atoms with Crippen LogP contribution < -0.4 is 4.90 Å². The van der Waals surface area contributed by atoms with Gasteiger partial charge in [0.05, 0.1) is 29.4 Å². The van der Waals surface area contributed by atoms with Gasteiger partial charge in [-0.15, -0.1) is 0 Å². The summed E-state index contributed by atoms with van der Waals surface area (Å²) in [6.45, 7) is 3.63. The van der Waals surface area contributed by atoms with Crippen molar-refractivity contribution in [3.8, 4) is 22.5 Å². The molecule has 1 amide bonds. The average molecular weight is 492 g/mol. The molecule has 4 rings (SSSR count). The zero-order chi connectivity index (χ0) is 24.9. The highest BCUT2D eigenvalue weighted by molar-refractivity contribution is 6.34. The summed E-state index contributed by atoms with van der Waals surface area (Å²) in [5, 5.41) is 13.5. The number of hydrogen-bond acceptors (Lipinski definition) is 6. The number of para-hydroxylation sites is 1. The van der Waals surface area contributed by atoms with Crippen LogP contribution in [0, 0.1) is 6.92 Å². The van der Waals surface area contributed by atoms with Crippen LogP contribution in [0.5, 0.6) is 0 Å². The maximum atomic E-state index is 13.0. The SMILES string of the molecule is CCOC(=O)N(c1ccccc1Cl)c1c(-c2ccc(-c3ccc(CC(=O)O)cn3)cc2)noc1C. The standard InChI is InChI=1S/C26H22ClN3O5/c1-3-34-26(33)30(22-7-5-4-6-20(22)27)25-16(2)35-29-24(25)19-11-9-18(10-12-19)21-13-8-17(15-28-21)14-23(31)32/h4-13,15H,3,14H2,1-2H3,(H,31,32). The summed E-state index contributed by atoms with van der Waals surface area (Å²) in [5.41, 5.74) is 4.20. The Labute approximate surface area is 206 Å². The maximum absolute atomic E-state index is 13.0. The average Bonchev–Trinajstić information content (AvgIpc) is 3.22. The molecule has 2 heterocycles. The Bertz CT molecular complexity index is 1350. The fraction of sp³-hybridized carbons (Fsp3) is 0.154. The molecule has 0 radical (unpaired) electrons. The molecule has 8 nitrogen and oxygen atoms in total. The molecule has 4 aromatic rings. The molecule has 0 aliphatic carbocycles. The first-order chi connectivity index (χ1) is 16.9. The molecule has 0 saturated carbocycles. The first-order valence-corrected chi connectivity index (χ1v) is 11.2. The number of carboxylic acid groups (broad SMARTS) is 1. The van der Waals surface area contributed by atoms with Crippen molar-refractivity contribution in [2.45, 2.75) is 20.3 Å². The van der Waals surface area contributed by atoms with Crippen molar-refractivity contribution in [1.82, 2.24) is 10.1 Å². The van der Waals surface area contributed by atoms with Gasteiger partial charge in [-0.1, -0.05) is 59.2 Å². The summed E-state index contributed by atoms with van der Waals surface area (Å²) < 4.78 is 10.8. The van der Waals surface area contributed by atoms with Gasteiger partial charge >= 0.3 is 12.1 Å². The van der Waals surface area contributed by atoms with Gasteiger partial charge in [-0.3, -0.25) is 9.78 Å². The third-order valence-corrected chi connectivity index (χ3v) is 5.55. The second-order valence-corrected chi connectivity index (χ2v) is 8.03. The molecule has 0 unspecified atom stereocenters. The van der Waals surface area contributed by atoms with E-state index in [2.05, 4.69) is 10.1 Å². The minimum absolute atomic E-state index is 0.0805. The molecule has 178 valence electrons. The highest BCUT2D eigenvalue weighted by atomic mass is 35.5. The highest BCUT2D eigenvalue weighted by Crippen LogP contribution is 2.40. The van der Waals surface area contributed by atoms with Gasteiger partial charge in [0, 0.05) is 17.3 Å². The molecule has 0 fully saturated rings. The molecule has 35 heavy (non-hydrogen) atoms. The van der Waals surface area contributed by atoms with E-state index in [1.54, 1.807) is 56.4 Å². The summed E-state index contributed by atoms with van der Waals surface area (Å²) in [6, 6.07) is 17.9.